The van der Waals surface area contributed by atoms with Crippen molar-refractivity contribution in [3.63, 3.8) is 0 Å². The molecule has 3 N–H and O–H groups in total. The molecule has 1 amide bonds. The van der Waals surface area contributed by atoms with Crippen molar-refractivity contribution in [3.8, 4) is 0 Å². The SMILES string of the molecule is CC1CCCC(C(=O)NCC2(N(C)C)CCCC2)C1N. The quantitative estimate of drug-likeness (QED) is 0.825. The van der Waals surface area contributed by atoms with Crippen LogP contribution >= 0.6 is 0 Å². The number of rotatable bonds is 4. The number of nitrogens with two attached hydrogens (primary N) is 1. The Bertz CT molecular complexity index is 337. The standard InChI is InChI=1S/C16H31N3O/c1-12-7-6-8-13(14(12)17)15(20)18-11-16(19(2)3)9-4-5-10-16/h12-14H,4-11,17H2,1-3H3,(H,18,20). The molecule has 3 unspecified atom stereocenters. The number of amides is 1. The van der Waals surface area contributed by atoms with Crippen LogP contribution in [0.1, 0.15) is 51.9 Å². The molecule has 0 radical (unpaired) electrons. The Morgan fingerprint density at radius 1 is 1.25 bits per heavy atom. The monoisotopic (exact) mass is 281 g/mol. The molecule has 116 valence electrons. The second kappa shape index (κ2) is 6.44. The van der Waals surface area contributed by atoms with E-state index in [4.69, 9.17) is 5.73 Å². The highest BCUT2D eigenvalue weighted by Gasteiger charge is 2.38. The minimum atomic E-state index is 0.0133. The molecule has 2 rings (SSSR count). The molecule has 4 nitrogen and oxygen atoms in total. The van der Waals surface area contributed by atoms with Crippen LogP contribution in [0.4, 0.5) is 0 Å². The largest absolute Gasteiger partial charge is 0.354 e. The van der Waals surface area contributed by atoms with E-state index in [9.17, 15) is 4.79 Å². The van der Waals surface area contributed by atoms with E-state index in [1.165, 1.54) is 25.7 Å². The molecule has 3 atom stereocenters. The summed E-state index contributed by atoms with van der Waals surface area (Å²) < 4.78 is 0. The van der Waals surface area contributed by atoms with Crippen molar-refractivity contribution in [3.05, 3.63) is 0 Å². The summed E-state index contributed by atoms with van der Waals surface area (Å²) in [4.78, 5) is 14.8. The molecule has 0 aromatic rings. The number of hydrogen-bond acceptors (Lipinski definition) is 3. The normalized spacial score (nSPS) is 33.4. The number of carbonyl (C=O) groups excluding carboxylic acids is 1. The smallest absolute Gasteiger partial charge is 0.224 e. The maximum absolute atomic E-state index is 12.5. The van der Waals surface area contributed by atoms with Gasteiger partial charge in [-0.05, 0) is 45.7 Å². The lowest BCUT2D eigenvalue weighted by Crippen LogP contribution is -2.54. The van der Waals surface area contributed by atoms with E-state index in [1.807, 2.05) is 0 Å². The zero-order valence-electron chi connectivity index (χ0n) is 13.3. The molecule has 2 fully saturated rings. The zero-order valence-corrected chi connectivity index (χ0v) is 13.3. The predicted molar refractivity (Wildman–Crippen MR) is 82.4 cm³/mol. The lowest BCUT2D eigenvalue weighted by molar-refractivity contribution is -0.127. The van der Waals surface area contributed by atoms with Gasteiger partial charge in [0.1, 0.15) is 0 Å². The van der Waals surface area contributed by atoms with Gasteiger partial charge in [-0.25, -0.2) is 0 Å². The van der Waals surface area contributed by atoms with Crippen molar-refractivity contribution in [2.45, 2.75) is 63.5 Å². The van der Waals surface area contributed by atoms with E-state index in [2.05, 4.69) is 31.2 Å². The Labute approximate surface area is 123 Å². The second-order valence-corrected chi connectivity index (χ2v) is 7.14. The number of nitrogens with zero attached hydrogens (tertiary/aromatic N) is 1. The van der Waals surface area contributed by atoms with Crippen molar-refractivity contribution in [1.29, 1.82) is 0 Å². The third kappa shape index (κ3) is 3.17. The van der Waals surface area contributed by atoms with Gasteiger partial charge in [0.25, 0.3) is 0 Å². The zero-order chi connectivity index (χ0) is 14.8. The van der Waals surface area contributed by atoms with Crippen LogP contribution in [-0.4, -0.2) is 43.0 Å². The molecule has 0 saturated heterocycles. The molecule has 20 heavy (non-hydrogen) atoms. The van der Waals surface area contributed by atoms with Gasteiger partial charge in [-0.2, -0.15) is 0 Å². The molecule has 4 heteroatoms. The van der Waals surface area contributed by atoms with E-state index in [0.29, 0.717) is 5.92 Å². The van der Waals surface area contributed by atoms with Crippen LogP contribution in [0, 0.1) is 11.8 Å². The number of likely N-dealkylation sites (N-methyl/N-ethyl adjacent to an activating group) is 1. The third-order valence-electron chi connectivity index (χ3n) is 5.71. The number of nitrogens with one attached hydrogen (secondary N) is 1. The van der Waals surface area contributed by atoms with Crippen LogP contribution in [0.3, 0.4) is 0 Å². The summed E-state index contributed by atoms with van der Waals surface area (Å²) in [6.45, 7) is 2.94. The first-order valence-electron chi connectivity index (χ1n) is 8.17. The number of hydrogen-bond donors (Lipinski definition) is 2. The Morgan fingerprint density at radius 3 is 2.50 bits per heavy atom. The van der Waals surface area contributed by atoms with E-state index in [-0.39, 0.29) is 23.4 Å². The van der Waals surface area contributed by atoms with Gasteiger partial charge < -0.3 is 16.0 Å². The van der Waals surface area contributed by atoms with E-state index in [1.54, 1.807) is 0 Å². The highest BCUT2D eigenvalue weighted by atomic mass is 16.1. The van der Waals surface area contributed by atoms with Crippen molar-refractivity contribution >= 4 is 5.91 Å². The van der Waals surface area contributed by atoms with Crippen LogP contribution in [0.25, 0.3) is 0 Å². The molecular weight excluding hydrogens is 250 g/mol. The first-order chi connectivity index (χ1) is 9.46. The predicted octanol–water partition coefficient (Wildman–Crippen LogP) is 1.74. The summed E-state index contributed by atoms with van der Waals surface area (Å²) in [5, 5.41) is 3.21. The van der Waals surface area contributed by atoms with Crippen LogP contribution in [-0.2, 0) is 4.79 Å². The van der Waals surface area contributed by atoms with Gasteiger partial charge in [0.05, 0.1) is 5.92 Å². The van der Waals surface area contributed by atoms with E-state index >= 15 is 0 Å². The summed E-state index contributed by atoms with van der Waals surface area (Å²) in [6.07, 6.45) is 8.16. The van der Waals surface area contributed by atoms with Crippen LogP contribution < -0.4 is 11.1 Å². The molecule has 2 saturated carbocycles. The highest BCUT2D eigenvalue weighted by Crippen LogP contribution is 2.33. The molecule has 0 aromatic carbocycles. The van der Waals surface area contributed by atoms with Crippen LogP contribution in [0.2, 0.25) is 0 Å². The van der Waals surface area contributed by atoms with Gasteiger partial charge in [0.15, 0.2) is 0 Å². The summed E-state index contributed by atoms with van der Waals surface area (Å²) in [6, 6.07) is 0.0302. The third-order valence-corrected chi connectivity index (χ3v) is 5.71. The summed E-state index contributed by atoms with van der Waals surface area (Å²) in [5.74, 6) is 0.658. The molecule has 0 spiro atoms. The maximum Gasteiger partial charge on any atom is 0.224 e. The van der Waals surface area contributed by atoms with E-state index in [0.717, 1.165) is 25.8 Å². The molecule has 0 bridgehead atoms. The molecule has 0 heterocycles. The van der Waals surface area contributed by atoms with Gasteiger partial charge in [-0.15, -0.1) is 0 Å². The summed E-state index contributed by atoms with van der Waals surface area (Å²) >= 11 is 0. The van der Waals surface area contributed by atoms with Crippen molar-refractivity contribution in [2.75, 3.05) is 20.6 Å². The average Bonchev–Trinajstić information content (AvgIpc) is 2.89. The molecule has 0 aromatic heterocycles. The Kier molecular flexibility index (Phi) is 5.08. The Hall–Kier alpha value is -0.610. The summed E-state index contributed by atoms with van der Waals surface area (Å²) in [5.41, 5.74) is 6.40. The van der Waals surface area contributed by atoms with Gasteiger partial charge >= 0.3 is 0 Å². The fraction of sp³-hybridized carbons (Fsp3) is 0.938. The fourth-order valence-corrected chi connectivity index (χ4v) is 3.95. The maximum atomic E-state index is 12.5. The fourth-order valence-electron chi connectivity index (χ4n) is 3.95. The van der Waals surface area contributed by atoms with Crippen LogP contribution in [0.15, 0.2) is 0 Å². The molecular formula is C16H31N3O. The van der Waals surface area contributed by atoms with Gasteiger partial charge in [0, 0.05) is 18.1 Å². The first-order valence-corrected chi connectivity index (χ1v) is 8.17. The van der Waals surface area contributed by atoms with Crippen molar-refractivity contribution < 1.29 is 4.79 Å². The average molecular weight is 281 g/mol. The first kappa shape index (κ1) is 15.8. The molecule has 0 aliphatic heterocycles. The van der Waals surface area contributed by atoms with Crippen molar-refractivity contribution in [1.82, 2.24) is 10.2 Å². The van der Waals surface area contributed by atoms with Gasteiger partial charge in [-0.1, -0.05) is 26.2 Å². The molecule has 2 aliphatic carbocycles. The highest BCUT2D eigenvalue weighted by molar-refractivity contribution is 5.79. The van der Waals surface area contributed by atoms with E-state index < -0.39 is 0 Å². The number of carbonyl (C=O) groups is 1. The Balaban J connectivity index is 1.91. The summed E-state index contributed by atoms with van der Waals surface area (Å²) in [7, 11) is 4.26. The second-order valence-electron chi connectivity index (χ2n) is 7.14. The minimum absolute atomic E-state index is 0.0133. The lowest BCUT2D eigenvalue weighted by Gasteiger charge is -2.38. The van der Waals surface area contributed by atoms with Gasteiger partial charge in [-0.3, -0.25) is 4.79 Å². The Morgan fingerprint density at radius 2 is 1.90 bits per heavy atom. The molecule has 2 aliphatic rings. The minimum Gasteiger partial charge on any atom is -0.354 e. The topological polar surface area (TPSA) is 58.4 Å². The lowest BCUT2D eigenvalue weighted by atomic mass is 9.77. The van der Waals surface area contributed by atoms with Gasteiger partial charge in [0.2, 0.25) is 5.91 Å². The van der Waals surface area contributed by atoms with Crippen molar-refractivity contribution in [2.24, 2.45) is 17.6 Å². The van der Waals surface area contributed by atoms with Crippen LogP contribution in [0.5, 0.6) is 0 Å².